The molecule has 4 nitrogen and oxygen atoms in total. The fourth-order valence-electron chi connectivity index (χ4n) is 1.91. The number of hydrogen-bond donors (Lipinski definition) is 2. The zero-order chi connectivity index (χ0) is 15.5. The van der Waals surface area contributed by atoms with Gasteiger partial charge in [-0.05, 0) is 54.8 Å². The summed E-state index contributed by atoms with van der Waals surface area (Å²) in [5.41, 5.74) is 2.29. The minimum atomic E-state index is -3.61. The molecule has 0 unspecified atom stereocenters. The molecule has 2 aromatic rings. The van der Waals surface area contributed by atoms with Crippen molar-refractivity contribution in [3.8, 4) is 0 Å². The van der Waals surface area contributed by atoms with Crippen LogP contribution in [0.1, 0.15) is 11.1 Å². The highest BCUT2D eigenvalue weighted by molar-refractivity contribution is 9.10. The third-order valence-electron chi connectivity index (χ3n) is 3.07. The molecular formula is C15H16BrNO3S. The summed E-state index contributed by atoms with van der Waals surface area (Å²) in [5, 5.41) is 8.86. The molecule has 0 saturated carbocycles. The smallest absolute Gasteiger partial charge is 0.261 e. The maximum absolute atomic E-state index is 12.3. The molecule has 0 fully saturated rings. The van der Waals surface area contributed by atoms with Crippen LogP contribution in [0.15, 0.2) is 51.8 Å². The molecule has 2 N–H and O–H groups in total. The van der Waals surface area contributed by atoms with Crippen LogP contribution in [-0.4, -0.2) is 20.1 Å². The van der Waals surface area contributed by atoms with Crippen LogP contribution in [0, 0.1) is 6.92 Å². The van der Waals surface area contributed by atoms with E-state index in [-0.39, 0.29) is 11.5 Å². The van der Waals surface area contributed by atoms with Crippen LogP contribution in [0.4, 0.5) is 5.69 Å². The van der Waals surface area contributed by atoms with Crippen LogP contribution in [0.5, 0.6) is 0 Å². The largest absolute Gasteiger partial charge is 0.396 e. The second kappa shape index (κ2) is 6.60. The molecule has 0 amide bonds. The molecule has 0 atom stereocenters. The van der Waals surface area contributed by atoms with E-state index >= 15 is 0 Å². The highest BCUT2D eigenvalue weighted by Crippen LogP contribution is 2.23. The topological polar surface area (TPSA) is 66.4 Å². The zero-order valence-electron chi connectivity index (χ0n) is 11.5. The molecule has 112 valence electrons. The molecule has 2 rings (SSSR count). The Hall–Kier alpha value is -1.37. The monoisotopic (exact) mass is 369 g/mol. The summed E-state index contributed by atoms with van der Waals surface area (Å²) >= 11 is 3.35. The highest BCUT2D eigenvalue weighted by atomic mass is 79.9. The lowest BCUT2D eigenvalue weighted by Crippen LogP contribution is -2.13. The minimum absolute atomic E-state index is 0.0441. The number of nitrogens with one attached hydrogen (secondary N) is 1. The molecule has 0 radical (unpaired) electrons. The van der Waals surface area contributed by atoms with E-state index in [1.54, 1.807) is 36.4 Å². The SMILES string of the molecule is Cc1cc(Br)ccc1NS(=O)(=O)c1ccc(CCO)cc1. The lowest BCUT2D eigenvalue weighted by Gasteiger charge is -2.11. The second-order valence-electron chi connectivity index (χ2n) is 4.68. The third-order valence-corrected chi connectivity index (χ3v) is 4.94. The summed E-state index contributed by atoms with van der Waals surface area (Å²) in [6, 6.07) is 11.9. The maximum Gasteiger partial charge on any atom is 0.261 e. The average molecular weight is 370 g/mol. The van der Waals surface area contributed by atoms with E-state index in [0.29, 0.717) is 12.1 Å². The van der Waals surface area contributed by atoms with Gasteiger partial charge in [0.15, 0.2) is 0 Å². The predicted octanol–water partition coefficient (Wildman–Crippen LogP) is 3.09. The molecule has 21 heavy (non-hydrogen) atoms. The average Bonchev–Trinajstić information content (AvgIpc) is 2.43. The first-order valence-corrected chi connectivity index (χ1v) is 8.69. The van der Waals surface area contributed by atoms with Crippen LogP contribution in [0.3, 0.4) is 0 Å². The Morgan fingerprint density at radius 1 is 1.14 bits per heavy atom. The molecule has 2 aromatic carbocycles. The lowest BCUT2D eigenvalue weighted by atomic mass is 10.2. The minimum Gasteiger partial charge on any atom is -0.396 e. The van der Waals surface area contributed by atoms with E-state index in [1.807, 2.05) is 13.0 Å². The van der Waals surface area contributed by atoms with E-state index < -0.39 is 10.0 Å². The number of aliphatic hydroxyl groups excluding tert-OH is 1. The normalized spacial score (nSPS) is 11.4. The van der Waals surface area contributed by atoms with Gasteiger partial charge >= 0.3 is 0 Å². The van der Waals surface area contributed by atoms with Gasteiger partial charge in [-0.3, -0.25) is 4.72 Å². The van der Waals surface area contributed by atoms with Gasteiger partial charge in [0, 0.05) is 11.1 Å². The summed E-state index contributed by atoms with van der Waals surface area (Å²) in [5.74, 6) is 0. The number of sulfonamides is 1. The molecule has 0 aliphatic carbocycles. The molecule has 0 saturated heterocycles. The van der Waals surface area contributed by atoms with Crippen LogP contribution in [0.2, 0.25) is 0 Å². The van der Waals surface area contributed by atoms with Gasteiger partial charge < -0.3 is 5.11 Å². The molecule has 0 spiro atoms. The van der Waals surface area contributed by atoms with Crippen molar-refractivity contribution in [3.63, 3.8) is 0 Å². The van der Waals surface area contributed by atoms with Crippen molar-refractivity contribution in [3.05, 3.63) is 58.1 Å². The molecule has 0 bridgehead atoms. The first-order chi connectivity index (χ1) is 9.92. The Kier molecular flexibility index (Phi) is 5.03. The fourth-order valence-corrected chi connectivity index (χ4v) is 3.52. The number of rotatable bonds is 5. The van der Waals surface area contributed by atoms with E-state index in [4.69, 9.17) is 5.11 Å². The van der Waals surface area contributed by atoms with Crippen molar-refractivity contribution in [1.82, 2.24) is 0 Å². The van der Waals surface area contributed by atoms with E-state index in [2.05, 4.69) is 20.7 Å². The van der Waals surface area contributed by atoms with Crippen molar-refractivity contribution in [2.24, 2.45) is 0 Å². The highest BCUT2D eigenvalue weighted by Gasteiger charge is 2.15. The molecule has 0 aliphatic heterocycles. The van der Waals surface area contributed by atoms with Crippen molar-refractivity contribution < 1.29 is 13.5 Å². The van der Waals surface area contributed by atoms with Gasteiger partial charge in [0.25, 0.3) is 10.0 Å². The number of halogens is 1. The van der Waals surface area contributed by atoms with Crippen LogP contribution in [0.25, 0.3) is 0 Å². The summed E-state index contributed by atoms with van der Waals surface area (Å²) in [7, 11) is -3.61. The fraction of sp³-hybridized carbons (Fsp3) is 0.200. The van der Waals surface area contributed by atoms with Crippen LogP contribution < -0.4 is 4.72 Å². The number of aryl methyl sites for hydroxylation is 1. The van der Waals surface area contributed by atoms with Crippen molar-refractivity contribution in [2.75, 3.05) is 11.3 Å². The third kappa shape index (κ3) is 4.06. The van der Waals surface area contributed by atoms with Gasteiger partial charge in [-0.15, -0.1) is 0 Å². The van der Waals surface area contributed by atoms with Crippen LogP contribution >= 0.6 is 15.9 Å². The van der Waals surface area contributed by atoms with Gasteiger partial charge in [-0.2, -0.15) is 0 Å². The summed E-state index contributed by atoms with van der Waals surface area (Å²) in [6.07, 6.45) is 0.513. The van der Waals surface area contributed by atoms with Crippen LogP contribution in [-0.2, 0) is 16.4 Å². The lowest BCUT2D eigenvalue weighted by molar-refractivity contribution is 0.299. The molecule has 0 aromatic heterocycles. The number of benzene rings is 2. The number of aliphatic hydroxyl groups is 1. The number of anilines is 1. The summed E-state index contributed by atoms with van der Waals surface area (Å²) in [6.45, 7) is 1.88. The van der Waals surface area contributed by atoms with Crippen molar-refractivity contribution >= 4 is 31.6 Å². The van der Waals surface area contributed by atoms with Gasteiger partial charge in [0.1, 0.15) is 0 Å². The quantitative estimate of drug-likeness (QED) is 0.850. The predicted molar refractivity (Wildman–Crippen MR) is 86.9 cm³/mol. The zero-order valence-corrected chi connectivity index (χ0v) is 13.9. The summed E-state index contributed by atoms with van der Waals surface area (Å²) < 4.78 is 28.2. The Morgan fingerprint density at radius 3 is 2.38 bits per heavy atom. The Bertz CT molecular complexity index is 727. The molecule has 6 heteroatoms. The number of hydrogen-bond acceptors (Lipinski definition) is 3. The van der Waals surface area contributed by atoms with E-state index in [9.17, 15) is 8.42 Å². The van der Waals surface area contributed by atoms with Gasteiger partial charge in [-0.25, -0.2) is 8.42 Å². The van der Waals surface area contributed by atoms with Gasteiger partial charge in [0.2, 0.25) is 0 Å². The molecular weight excluding hydrogens is 354 g/mol. The van der Waals surface area contributed by atoms with Gasteiger partial charge in [0.05, 0.1) is 10.6 Å². The Labute approximate surface area is 133 Å². The van der Waals surface area contributed by atoms with Crippen molar-refractivity contribution in [2.45, 2.75) is 18.2 Å². The maximum atomic E-state index is 12.3. The Morgan fingerprint density at radius 2 is 1.81 bits per heavy atom. The Balaban J connectivity index is 2.25. The molecule has 0 heterocycles. The summed E-state index contributed by atoms with van der Waals surface area (Å²) in [4.78, 5) is 0.200. The first kappa shape index (κ1) is 16.0. The van der Waals surface area contributed by atoms with Crippen molar-refractivity contribution in [1.29, 1.82) is 0 Å². The van der Waals surface area contributed by atoms with Gasteiger partial charge in [-0.1, -0.05) is 28.1 Å². The second-order valence-corrected chi connectivity index (χ2v) is 7.28. The van der Waals surface area contributed by atoms with E-state index in [1.165, 1.54) is 0 Å². The standard InChI is InChI=1S/C15H16BrNO3S/c1-11-10-13(16)4-7-15(11)17-21(19,20)14-5-2-12(3-6-14)8-9-18/h2-7,10,17-18H,8-9H2,1H3. The first-order valence-electron chi connectivity index (χ1n) is 6.41. The molecule has 0 aliphatic rings. The van der Waals surface area contributed by atoms with E-state index in [0.717, 1.165) is 15.6 Å².